The van der Waals surface area contributed by atoms with Gasteiger partial charge in [-0.15, -0.1) is 0 Å². The second-order valence-corrected chi connectivity index (χ2v) is 7.76. The summed E-state index contributed by atoms with van der Waals surface area (Å²) in [5.74, 6) is 1.38. The molecule has 1 N–H and O–H groups in total. The molecule has 0 amide bonds. The standard InChI is InChI=1S/C27H24FN3O2/c1-4-32-26-14-20(7-10-25(26)33-16-19-5-8-22(28)9-6-19)13-21(15-29)27-30-23-11-17(2)18(3)12-24(23)31-27/h5-14H,4,16H2,1-3H3,(H,30,31)/b21-13-. The number of nitrogens with zero attached hydrogens (tertiary/aromatic N) is 2. The van der Waals surface area contributed by atoms with Crippen molar-refractivity contribution in [1.82, 2.24) is 9.97 Å². The van der Waals surface area contributed by atoms with Crippen molar-refractivity contribution in [2.75, 3.05) is 6.61 Å². The van der Waals surface area contributed by atoms with E-state index in [9.17, 15) is 9.65 Å². The minimum Gasteiger partial charge on any atom is -0.490 e. The first-order chi connectivity index (χ1) is 16.0. The molecule has 3 aromatic carbocycles. The molecule has 0 atom stereocenters. The number of aromatic amines is 1. The maximum absolute atomic E-state index is 13.1. The smallest absolute Gasteiger partial charge is 0.161 e. The average molecular weight is 442 g/mol. The highest BCUT2D eigenvalue weighted by Gasteiger charge is 2.11. The number of allylic oxidation sites excluding steroid dienone is 1. The molecule has 0 radical (unpaired) electrons. The highest BCUT2D eigenvalue weighted by atomic mass is 19.1. The Kier molecular flexibility index (Phi) is 6.41. The third-order valence-corrected chi connectivity index (χ3v) is 5.36. The van der Waals surface area contributed by atoms with Gasteiger partial charge in [-0.1, -0.05) is 18.2 Å². The number of nitriles is 1. The topological polar surface area (TPSA) is 70.9 Å². The van der Waals surface area contributed by atoms with Gasteiger partial charge in [0.15, 0.2) is 11.5 Å². The molecule has 0 unspecified atom stereocenters. The number of nitrogens with one attached hydrogen (secondary N) is 1. The molecular weight excluding hydrogens is 417 g/mol. The van der Waals surface area contributed by atoms with E-state index in [4.69, 9.17) is 9.47 Å². The molecule has 1 aromatic heterocycles. The van der Waals surface area contributed by atoms with Crippen molar-refractivity contribution in [3.8, 4) is 17.6 Å². The summed E-state index contributed by atoms with van der Waals surface area (Å²) in [7, 11) is 0. The second-order valence-electron chi connectivity index (χ2n) is 7.76. The Morgan fingerprint density at radius 2 is 1.79 bits per heavy atom. The summed E-state index contributed by atoms with van der Waals surface area (Å²) in [6, 6.07) is 18.0. The number of fused-ring (bicyclic) bond motifs is 1. The molecule has 166 valence electrons. The zero-order valence-electron chi connectivity index (χ0n) is 18.8. The van der Waals surface area contributed by atoms with Crippen molar-refractivity contribution in [2.45, 2.75) is 27.4 Å². The zero-order chi connectivity index (χ0) is 23.4. The monoisotopic (exact) mass is 441 g/mol. The molecule has 0 aliphatic heterocycles. The number of rotatable bonds is 7. The maximum Gasteiger partial charge on any atom is 0.161 e. The van der Waals surface area contributed by atoms with E-state index in [1.165, 1.54) is 12.1 Å². The van der Waals surface area contributed by atoms with Crippen LogP contribution in [-0.4, -0.2) is 16.6 Å². The average Bonchev–Trinajstić information content (AvgIpc) is 3.20. The normalized spacial score (nSPS) is 11.4. The van der Waals surface area contributed by atoms with Crippen LogP contribution in [-0.2, 0) is 6.61 Å². The van der Waals surface area contributed by atoms with Crippen LogP contribution in [0.1, 0.15) is 35.0 Å². The van der Waals surface area contributed by atoms with Crippen molar-refractivity contribution >= 4 is 22.7 Å². The van der Waals surface area contributed by atoms with E-state index in [0.717, 1.165) is 33.3 Å². The van der Waals surface area contributed by atoms with Crippen molar-refractivity contribution in [3.05, 3.63) is 88.5 Å². The van der Waals surface area contributed by atoms with E-state index in [-0.39, 0.29) is 12.4 Å². The number of benzene rings is 3. The predicted molar refractivity (Wildman–Crippen MR) is 127 cm³/mol. The highest BCUT2D eigenvalue weighted by molar-refractivity contribution is 5.90. The Morgan fingerprint density at radius 3 is 2.52 bits per heavy atom. The number of halogens is 1. The van der Waals surface area contributed by atoms with Gasteiger partial charge in [-0.05, 0) is 85.5 Å². The van der Waals surface area contributed by atoms with Crippen molar-refractivity contribution in [1.29, 1.82) is 5.26 Å². The third kappa shape index (κ3) is 5.04. The van der Waals surface area contributed by atoms with E-state index >= 15 is 0 Å². The van der Waals surface area contributed by atoms with Gasteiger partial charge >= 0.3 is 0 Å². The number of aryl methyl sites for hydroxylation is 2. The van der Waals surface area contributed by atoms with Gasteiger partial charge in [0.2, 0.25) is 0 Å². The maximum atomic E-state index is 13.1. The Bertz CT molecular complexity index is 1330. The quantitative estimate of drug-likeness (QED) is 0.339. The van der Waals surface area contributed by atoms with E-state index in [1.807, 2.05) is 45.0 Å². The van der Waals surface area contributed by atoms with Crippen LogP contribution in [0.5, 0.6) is 11.5 Å². The van der Waals surface area contributed by atoms with E-state index in [1.54, 1.807) is 24.3 Å². The minimum absolute atomic E-state index is 0.284. The summed E-state index contributed by atoms with van der Waals surface area (Å²) in [6.07, 6.45) is 1.77. The van der Waals surface area contributed by atoms with Crippen molar-refractivity contribution in [2.24, 2.45) is 0 Å². The lowest BCUT2D eigenvalue weighted by Gasteiger charge is -2.13. The molecule has 4 aromatic rings. The molecule has 0 fully saturated rings. The lowest BCUT2D eigenvalue weighted by atomic mass is 10.1. The summed E-state index contributed by atoms with van der Waals surface area (Å²) in [5.41, 5.74) is 6.10. The first-order valence-corrected chi connectivity index (χ1v) is 10.7. The van der Waals surface area contributed by atoms with Gasteiger partial charge < -0.3 is 14.5 Å². The SMILES string of the molecule is CCOc1cc(/C=C(/C#N)c2nc3cc(C)c(C)cc3[nH]2)ccc1OCc1ccc(F)cc1. The van der Waals surface area contributed by atoms with Gasteiger partial charge in [-0.25, -0.2) is 9.37 Å². The van der Waals surface area contributed by atoms with Crippen LogP contribution in [0.25, 0.3) is 22.7 Å². The summed E-state index contributed by atoms with van der Waals surface area (Å²) < 4.78 is 24.8. The van der Waals surface area contributed by atoms with Gasteiger partial charge in [0.25, 0.3) is 0 Å². The molecule has 0 bridgehead atoms. The van der Waals surface area contributed by atoms with Crippen LogP contribution in [0.3, 0.4) is 0 Å². The van der Waals surface area contributed by atoms with Gasteiger partial charge in [-0.2, -0.15) is 5.26 Å². The first-order valence-electron chi connectivity index (χ1n) is 10.7. The van der Waals surface area contributed by atoms with Crippen LogP contribution >= 0.6 is 0 Å². The molecule has 1 heterocycles. The Labute approximate surface area is 192 Å². The molecule has 33 heavy (non-hydrogen) atoms. The van der Waals surface area contributed by atoms with Crippen LogP contribution in [0.15, 0.2) is 54.6 Å². The highest BCUT2D eigenvalue weighted by Crippen LogP contribution is 2.31. The number of hydrogen-bond acceptors (Lipinski definition) is 4. The van der Waals surface area contributed by atoms with Crippen LogP contribution in [0.4, 0.5) is 4.39 Å². The number of hydrogen-bond donors (Lipinski definition) is 1. The fourth-order valence-electron chi connectivity index (χ4n) is 3.46. The summed E-state index contributed by atoms with van der Waals surface area (Å²) in [5, 5.41) is 9.77. The fourth-order valence-corrected chi connectivity index (χ4v) is 3.46. The Hall–Kier alpha value is -4.11. The first kappa shape index (κ1) is 22.1. The molecule has 0 aliphatic carbocycles. The van der Waals surface area contributed by atoms with Crippen molar-refractivity contribution < 1.29 is 13.9 Å². The molecule has 0 aliphatic rings. The van der Waals surface area contributed by atoms with Crippen molar-refractivity contribution in [3.63, 3.8) is 0 Å². The molecule has 5 nitrogen and oxygen atoms in total. The number of imidazole rings is 1. The third-order valence-electron chi connectivity index (χ3n) is 5.36. The van der Waals surface area contributed by atoms with E-state index in [0.29, 0.717) is 29.5 Å². The predicted octanol–water partition coefficient (Wildman–Crippen LogP) is 6.36. The number of H-pyrrole nitrogens is 1. The molecular formula is C27H24FN3O2. The Morgan fingerprint density at radius 1 is 1.03 bits per heavy atom. The summed E-state index contributed by atoms with van der Waals surface area (Å²) in [4.78, 5) is 7.84. The second kappa shape index (κ2) is 9.58. The van der Waals surface area contributed by atoms with Gasteiger partial charge in [-0.3, -0.25) is 0 Å². The minimum atomic E-state index is -0.284. The number of aromatic nitrogens is 2. The molecule has 0 saturated carbocycles. The van der Waals surface area contributed by atoms with Crippen LogP contribution in [0, 0.1) is 31.0 Å². The molecule has 0 spiro atoms. The zero-order valence-corrected chi connectivity index (χ0v) is 18.8. The van der Waals surface area contributed by atoms with Gasteiger partial charge in [0.05, 0.1) is 23.2 Å². The van der Waals surface area contributed by atoms with Gasteiger partial charge in [0, 0.05) is 0 Å². The lowest BCUT2D eigenvalue weighted by molar-refractivity contribution is 0.269. The fraction of sp³-hybridized carbons (Fsp3) is 0.185. The lowest BCUT2D eigenvalue weighted by Crippen LogP contribution is -2.00. The van der Waals surface area contributed by atoms with Crippen LogP contribution in [0.2, 0.25) is 0 Å². The molecule has 6 heteroatoms. The number of ether oxygens (including phenoxy) is 2. The van der Waals surface area contributed by atoms with E-state index < -0.39 is 0 Å². The molecule has 4 rings (SSSR count). The largest absolute Gasteiger partial charge is 0.490 e. The molecule has 0 saturated heterocycles. The summed E-state index contributed by atoms with van der Waals surface area (Å²) in [6.45, 7) is 6.74. The van der Waals surface area contributed by atoms with Gasteiger partial charge in [0.1, 0.15) is 24.3 Å². The van der Waals surface area contributed by atoms with Crippen LogP contribution < -0.4 is 9.47 Å². The summed E-state index contributed by atoms with van der Waals surface area (Å²) >= 11 is 0. The van der Waals surface area contributed by atoms with E-state index in [2.05, 4.69) is 16.0 Å². The Balaban J connectivity index is 1.61.